The fourth-order valence-corrected chi connectivity index (χ4v) is 2.26. The van der Waals surface area contributed by atoms with Crippen molar-refractivity contribution in [3.8, 4) is 0 Å². The van der Waals surface area contributed by atoms with Gasteiger partial charge in [0.25, 0.3) is 0 Å². The van der Waals surface area contributed by atoms with E-state index in [1.165, 1.54) is 5.57 Å². The maximum atomic E-state index is 5.78. The molecule has 1 aromatic heterocycles. The zero-order valence-electron chi connectivity index (χ0n) is 13.4. The van der Waals surface area contributed by atoms with Crippen molar-refractivity contribution in [1.82, 2.24) is 15.8 Å². The lowest BCUT2D eigenvalue weighted by Gasteiger charge is -2.12. The highest BCUT2D eigenvalue weighted by Crippen LogP contribution is 2.19. The van der Waals surface area contributed by atoms with Gasteiger partial charge in [0.1, 0.15) is 0 Å². The highest BCUT2D eigenvalue weighted by atomic mass is 16.6. The number of aryl methyl sites for hydroxylation is 1. The summed E-state index contributed by atoms with van der Waals surface area (Å²) in [5, 5.41) is 7.39. The average Bonchev–Trinajstić information content (AvgIpc) is 3.03. The van der Waals surface area contributed by atoms with Crippen LogP contribution in [0.1, 0.15) is 24.1 Å². The van der Waals surface area contributed by atoms with Gasteiger partial charge in [-0.05, 0) is 47.3 Å². The molecule has 0 fully saturated rings. The topological polar surface area (TPSA) is 98.6 Å². The van der Waals surface area contributed by atoms with Crippen molar-refractivity contribution in [3.63, 3.8) is 0 Å². The maximum Gasteiger partial charge on any atom is 0.199 e. The van der Waals surface area contributed by atoms with E-state index in [1.54, 1.807) is 0 Å². The van der Waals surface area contributed by atoms with E-state index in [0.717, 1.165) is 24.1 Å². The van der Waals surface area contributed by atoms with Crippen LogP contribution in [0, 0.1) is 6.92 Å². The summed E-state index contributed by atoms with van der Waals surface area (Å²) in [7, 11) is 0. The molecule has 0 spiro atoms. The summed E-state index contributed by atoms with van der Waals surface area (Å²) in [5.74, 6) is 0.508. The second-order valence-corrected chi connectivity index (χ2v) is 5.43. The number of nitrogens with one attached hydrogen (secondary N) is 1. The second kappa shape index (κ2) is 7.56. The number of allylic oxidation sites excluding steroid dienone is 3. The Hall–Kier alpha value is -2.93. The fourth-order valence-electron chi connectivity index (χ4n) is 2.26. The number of nitrogens with two attached hydrogens (primary N) is 1. The van der Waals surface area contributed by atoms with Gasteiger partial charge in [-0.15, -0.1) is 0 Å². The molecule has 3 rings (SSSR count). The summed E-state index contributed by atoms with van der Waals surface area (Å²) in [6.07, 6.45) is 8.22. The first-order chi connectivity index (χ1) is 11.7. The predicted molar refractivity (Wildman–Crippen MR) is 91.6 cm³/mol. The summed E-state index contributed by atoms with van der Waals surface area (Å²) in [6, 6.07) is 7.73. The number of rotatable bonds is 5. The zero-order chi connectivity index (χ0) is 16.8. The third kappa shape index (κ3) is 3.88. The molecule has 0 saturated carbocycles. The van der Waals surface area contributed by atoms with Crippen LogP contribution in [0.25, 0.3) is 0 Å². The van der Waals surface area contributed by atoms with Crippen molar-refractivity contribution in [1.29, 1.82) is 0 Å². The van der Waals surface area contributed by atoms with E-state index < -0.39 is 0 Å². The third-order valence-corrected chi connectivity index (χ3v) is 3.61. The molecule has 0 unspecified atom stereocenters. The first kappa shape index (κ1) is 15.9. The third-order valence-electron chi connectivity index (χ3n) is 3.61. The Morgan fingerprint density at radius 1 is 1.38 bits per heavy atom. The minimum Gasteiger partial charge on any atom is -0.379 e. The Kier molecular flexibility index (Phi) is 5.02. The van der Waals surface area contributed by atoms with Gasteiger partial charge >= 0.3 is 0 Å². The number of anilines is 1. The summed E-state index contributed by atoms with van der Waals surface area (Å²) in [6.45, 7) is 2.42. The summed E-state index contributed by atoms with van der Waals surface area (Å²) >= 11 is 0. The van der Waals surface area contributed by atoms with Crippen LogP contribution in [0.15, 0.2) is 57.7 Å². The molecule has 3 N–H and O–H groups in total. The van der Waals surface area contributed by atoms with Crippen LogP contribution in [0.2, 0.25) is 0 Å². The number of hydroxylamine groups is 1. The van der Waals surface area contributed by atoms with Gasteiger partial charge in [0.2, 0.25) is 0 Å². The molecule has 1 aliphatic rings. The van der Waals surface area contributed by atoms with Crippen LogP contribution in [-0.4, -0.2) is 22.8 Å². The molecule has 1 heterocycles. The number of hydrogen-bond donors (Lipinski definition) is 2. The van der Waals surface area contributed by atoms with Gasteiger partial charge in [-0.3, -0.25) is 4.84 Å². The van der Waals surface area contributed by atoms with Crippen LogP contribution in [0.4, 0.5) is 11.5 Å². The van der Waals surface area contributed by atoms with Crippen molar-refractivity contribution >= 4 is 17.3 Å². The molecule has 0 aliphatic heterocycles. The summed E-state index contributed by atoms with van der Waals surface area (Å²) < 4.78 is 4.67. The normalized spacial score (nSPS) is 14.5. The molecule has 0 saturated heterocycles. The quantitative estimate of drug-likeness (QED) is 0.498. The molecule has 2 aromatic rings. The molecule has 7 nitrogen and oxygen atoms in total. The molecule has 1 aliphatic carbocycles. The SMILES string of the molecule is Cc1ccccc1N=C(NOCC1=CC=CCC1)c1nonc1N. The van der Waals surface area contributed by atoms with E-state index >= 15 is 0 Å². The highest BCUT2D eigenvalue weighted by molar-refractivity contribution is 6.01. The number of aromatic nitrogens is 2. The van der Waals surface area contributed by atoms with Gasteiger partial charge in [-0.25, -0.2) is 15.1 Å². The average molecular weight is 325 g/mol. The number of benzene rings is 1. The van der Waals surface area contributed by atoms with E-state index in [1.807, 2.05) is 37.3 Å². The van der Waals surface area contributed by atoms with Gasteiger partial charge < -0.3 is 5.73 Å². The van der Waals surface area contributed by atoms with Crippen LogP contribution in [0.5, 0.6) is 0 Å². The van der Waals surface area contributed by atoms with Crippen molar-refractivity contribution in [3.05, 3.63) is 59.3 Å². The van der Waals surface area contributed by atoms with E-state index in [4.69, 9.17) is 10.6 Å². The van der Waals surface area contributed by atoms with Crippen LogP contribution in [0.3, 0.4) is 0 Å². The molecule has 7 heteroatoms. The number of amidine groups is 1. The van der Waals surface area contributed by atoms with E-state index in [0.29, 0.717) is 18.1 Å². The Morgan fingerprint density at radius 2 is 2.25 bits per heavy atom. The molecule has 0 bridgehead atoms. The van der Waals surface area contributed by atoms with Crippen LogP contribution < -0.4 is 11.2 Å². The van der Waals surface area contributed by atoms with Gasteiger partial charge in [-0.1, -0.05) is 36.4 Å². The minimum absolute atomic E-state index is 0.151. The molecule has 0 amide bonds. The number of nitrogens with zero attached hydrogens (tertiary/aromatic N) is 3. The van der Waals surface area contributed by atoms with Crippen molar-refractivity contribution in [2.75, 3.05) is 12.3 Å². The molecule has 0 atom stereocenters. The van der Waals surface area contributed by atoms with Crippen LogP contribution in [-0.2, 0) is 4.84 Å². The Labute approximate surface area is 139 Å². The summed E-state index contributed by atoms with van der Waals surface area (Å²) in [4.78, 5) is 10.1. The summed E-state index contributed by atoms with van der Waals surface area (Å²) in [5.41, 5.74) is 11.9. The van der Waals surface area contributed by atoms with Crippen molar-refractivity contribution in [2.45, 2.75) is 19.8 Å². The maximum absolute atomic E-state index is 5.78. The first-order valence-corrected chi connectivity index (χ1v) is 7.69. The Bertz CT molecular complexity index is 792. The number of aliphatic imine (C=N–C) groups is 1. The van der Waals surface area contributed by atoms with E-state index in [2.05, 4.69) is 37.6 Å². The van der Waals surface area contributed by atoms with E-state index in [-0.39, 0.29) is 5.82 Å². The lowest BCUT2D eigenvalue weighted by molar-refractivity contribution is 0.103. The fraction of sp³-hybridized carbons (Fsp3) is 0.235. The lowest BCUT2D eigenvalue weighted by atomic mass is 10.1. The second-order valence-electron chi connectivity index (χ2n) is 5.43. The smallest absolute Gasteiger partial charge is 0.199 e. The first-order valence-electron chi connectivity index (χ1n) is 7.69. The van der Waals surface area contributed by atoms with Crippen molar-refractivity contribution in [2.24, 2.45) is 4.99 Å². The lowest BCUT2D eigenvalue weighted by Crippen LogP contribution is -2.27. The van der Waals surface area contributed by atoms with Gasteiger partial charge in [0.05, 0.1) is 12.3 Å². The number of hydrogen-bond acceptors (Lipinski definition) is 6. The molecule has 24 heavy (non-hydrogen) atoms. The van der Waals surface area contributed by atoms with E-state index in [9.17, 15) is 0 Å². The van der Waals surface area contributed by atoms with Crippen molar-refractivity contribution < 1.29 is 9.47 Å². The number of para-hydroxylation sites is 1. The molecule has 124 valence electrons. The Balaban J connectivity index is 1.78. The predicted octanol–water partition coefficient (Wildman–Crippen LogP) is 2.84. The van der Waals surface area contributed by atoms with Gasteiger partial charge in [0.15, 0.2) is 17.3 Å². The standard InChI is InChI=1S/C17H19N5O2/c1-12-7-5-6-10-14(12)19-17(15-16(18)21-24-20-15)22-23-11-13-8-3-2-4-9-13/h2-3,5-8,10H,4,9,11H2,1H3,(H2,18,21)(H,19,22). The molecular formula is C17H19N5O2. The molecule has 0 radical (unpaired) electrons. The van der Waals surface area contributed by atoms with Crippen LogP contribution >= 0.6 is 0 Å². The Morgan fingerprint density at radius 3 is 2.96 bits per heavy atom. The minimum atomic E-state index is 0.151. The monoisotopic (exact) mass is 325 g/mol. The number of nitrogen functional groups attached to an aromatic ring is 1. The van der Waals surface area contributed by atoms with Gasteiger partial charge in [-0.2, -0.15) is 0 Å². The largest absolute Gasteiger partial charge is 0.379 e. The zero-order valence-corrected chi connectivity index (χ0v) is 13.4. The molecule has 1 aromatic carbocycles. The molecular weight excluding hydrogens is 306 g/mol. The van der Waals surface area contributed by atoms with Gasteiger partial charge in [0, 0.05) is 0 Å². The highest BCUT2D eigenvalue weighted by Gasteiger charge is 2.15.